The molecular weight excluding hydrogens is 374 g/mol. The van der Waals surface area contributed by atoms with Crippen LogP contribution in [0.1, 0.15) is 24.1 Å². The number of carbonyl (C=O) groups is 1. The first-order valence-electron chi connectivity index (χ1n) is 7.80. The fourth-order valence-electron chi connectivity index (χ4n) is 2.82. The lowest BCUT2D eigenvalue weighted by atomic mass is 9.95. The summed E-state index contributed by atoms with van der Waals surface area (Å²) in [6.45, 7) is 4.82. The molecule has 6 heteroatoms. The highest BCUT2D eigenvalue weighted by molar-refractivity contribution is 9.10. The molecule has 4 nitrogen and oxygen atoms in total. The van der Waals surface area contributed by atoms with Gasteiger partial charge in [0.05, 0.1) is 5.69 Å². The molecule has 0 unspecified atom stereocenters. The van der Waals surface area contributed by atoms with Crippen molar-refractivity contribution in [1.29, 1.82) is 0 Å². The minimum atomic E-state index is 0.0976. The van der Waals surface area contributed by atoms with Crippen LogP contribution in [-0.2, 0) is 11.3 Å². The first-order chi connectivity index (χ1) is 11.1. The lowest BCUT2D eigenvalue weighted by Crippen LogP contribution is -2.37. The Kier molecular flexibility index (Phi) is 5.46. The van der Waals surface area contributed by atoms with Crippen molar-refractivity contribution < 1.29 is 4.79 Å². The molecule has 0 bridgehead atoms. The van der Waals surface area contributed by atoms with E-state index < -0.39 is 0 Å². The lowest BCUT2D eigenvalue weighted by Gasteiger charge is -2.31. The molecule has 2 heterocycles. The van der Waals surface area contributed by atoms with Crippen LogP contribution in [0.15, 0.2) is 34.1 Å². The van der Waals surface area contributed by atoms with Crippen LogP contribution >= 0.6 is 27.3 Å². The van der Waals surface area contributed by atoms with Crippen LogP contribution in [0.2, 0.25) is 0 Å². The summed E-state index contributed by atoms with van der Waals surface area (Å²) < 4.78 is 1.11. The van der Waals surface area contributed by atoms with Crippen molar-refractivity contribution in [2.45, 2.75) is 26.3 Å². The number of nitrogens with one attached hydrogen (secondary N) is 1. The van der Waals surface area contributed by atoms with Crippen LogP contribution < -0.4 is 5.32 Å². The van der Waals surface area contributed by atoms with Crippen LogP contribution in [0.3, 0.4) is 0 Å². The SMILES string of the molecule is Cc1csc(NC(=O)C2CCN(Cc3ccc(Br)cc3)CC2)n1. The summed E-state index contributed by atoms with van der Waals surface area (Å²) >= 11 is 4.95. The smallest absolute Gasteiger partial charge is 0.229 e. The molecule has 1 saturated heterocycles. The summed E-state index contributed by atoms with van der Waals surface area (Å²) in [6, 6.07) is 8.44. The van der Waals surface area contributed by atoms with Gasteiger partial charge in [-0.25, -0.2) is 4.98 Å². The normalized spacial score (nSPS) is 16.4. The van der Waals surface area contributed by atoms with E-state index in [2.05, 4.69) is 55.4 Å². The van der Waals surface area contributed by atoms with E-state index in [0.717, 1.165) is 42.6 Å². The summed E-state index contributed by atoms with van der Waals surface area (Å²) in [7, 11) is 0. The largest absolute Gasteiger partial charge is 0.302 e. The van der Waals surface area contributed by atoms with Gasteiger partial charge < -0.3 is 5.32 Å². The van der Waals surface area contributed by atoms with Crippen molar-refractivity contribution in [3.05, 3.63) is 45.4 Å². The third-order valence-corrected chi connectivity index (χ3v) is 5.53. The number of halogens is 1. The zero-order chi connectivity index (χ0) is 16.2. The standard InChI is InChI=1S/C17H20BrN3OS/c1-12-11-23-17(19-12)20-16(22)14-6-8-21(9-7-14)10-13-2-4-15(18)5-3-13/h2-5,11,14H,6-10H2,1H3,(H,19,20,22). The molecule has 1 fully saturated rings. The Morgan fingerprint density at radius 2 is 2.04 bits per heavy atom. The molecule has 0 saturated carbocycles. The van der Waals surface area contributed by atoms with Crippen molar-refractivity contribution in [2.24, 2.45) is 5.92 Å². The third-order valence-electron chi connectivity index (χ3n) is 4.13. The summed E-state index contributed by atoms with van der Waals surface area (Å²) in [4.78, 5) is 19.0. The molecule has 2 aromatic rings. The average molecular weight is 394 g/mol. The zero-order valence-corrected chi connectivity index (χ0v) is 15.5. The van der Waals surface area contributed by atoms with Crippen molar-refractivity contribution in [3.63, 3.8) is 0 Å². The van der Waals surface area contributed by atoms with Gasteiger partial charge in [-0.1, -0.05) is 28.1 Å². The average Bonchev–Trinajstić information content (AvgIpc) is 2.95. The Morgan fingerprint density at radius 3 is 2.65 bits per heavy atom. The highest BCUT2D eigenvalue weighted by atomic mass is 79.9. The van der Waals surface area contributed by atoms with Gasteiger partial charge >= 0.3 is 0 Å². The van der Waals surface area contributed by atoms with Gasteiger partial charge in [0.1, 0.15) is 0 Å². The Morgan fingerprint density at radius 1 is 1.35 bits per heavy atom. The van der Waals surface area contributed by atoms with E-state index in [1.54, 1.807) is 0 Å². The van der Waals surface area contributed by atoms with Crippen molar-refractivity contribution in [1.82, 2.24) is 9.88 Å². The topological polar surface area (TPSA) is 45.2 Å². The van der Waals surface area contributed by atoms with Gasteiger partial charge in [0, 0.05) is 22.3 Å². The van der Waals surface area contributed by atoms with E-state index in [9.17, 15) is 4.79 Å². The molecule has 1 amide bonds. The summed E-state index contributed by atoms with van der Waals surface area (Å²) in [5.41, 5.74) is 2.27. The molecule has 1 aliphatic heterocycles. The highest BCUT2D eigenvalue weighted by Crippen LogP contribution is 2.22. The maximum Gasteiger partial charge on any atom is 0.229 e. The monoisotopic (exact) mass is 393 g/mol. The Bertz CT molecular complexity index is 663. The number of hydrogen-bond acceptors (Lipinski definition) is 4. The number of likely N-dealkylation sites (tertiary alicyclic amines) is 1. The first kappa shape index (κ1) is 16.6. The number of hydrogen-bond donors (Lipinski definition) is 1. The van der Waals surface area contributed by atoms with Gasteiger partial charge in [-0.15, -0.1) is 11.3 Å². The van der Waals surface area contributed by atoms with Crippen LogP contribution in [0.4, 0.5) is 5.13 Å². The Balaban J connectivity index is 1.48. The Labute approximate surface area is 149 Å². The van der Waals surface area contributed by atoms with Crippen LogP contribution in [0, 0.1) is 12.8 Å². The second kappa shape index (κ2) is 7.55. The van der Waals surface area contributed by atoms with E-state index in [1.807, 2.05) is 12.3 Å². The number of carbonyl (C=O) groups excluding carboxylic acids is 1. The molecule has 0 atom stereocenters. The van der Waals surface area contributed by atoms with Crippen LogP contribution in [-0.4, -0.2) is 28.9 Å². The summed E-state index contributed by atoms with van der Waals surface area (Å²) in [5.74, 6) is 0.211. The number of nitrogens with zero attached hydrogens (tertiary/aromatic N) is 2. The zero-order valence-electron chi connectivity index (χ0n) is 13.1. The van der Waals surface area contributed by atoms with Gasteiger partial charge in [0.15, 0.2) is 5.13 Å². The lowest BCUT2D eigenvalue weighted by molar-refractivity contribution is -0.121. The number of aromatic nitrogens is 1. The molecule has 0 spiro atoms. The molecule has 1 N–H and O–H groups in total. The van der Waals surface area contributed by atoms with Crippen LogP contribution in [0.25, 0.3) is 0 Å². The number of amides is 1. The number of aryl methyl sites for hydroxylation is 1. The summed E-state index contributed by atoms with van der Waals surface area (Å²) in [6.07, 6.45) is 1.82. The summed E-state index contributed by atoms with van der Waals surface area (Å²) in [5, 5.41) is 5.62. The molecule has 122 valence electrons. The minimum Gasteiger partial charge on any atom is -0.302 e. The fraction of sp³-hybridized carbons (Fsp3) is 0.412. The molecule has 1 aromatic carbocycles. The third kappa shape index (κ3) is 4.62. The molecule has 23 heavy (non-hydrogen) atoms. The predicted molar refractivity (Wildman–Crippen MR) is 97.6 cm³/mol. The highest BCUT2D eigenvalue weighted by Gasteiger charge is 2.25. The molecule has 0 radical (unpaired) electrons. The van der Waals surface area contributed by atoms with E-state index in [1.165, 1.54) is 16.9 Å². The number of piperidine rings is 1. The molecule has 1 aromatic heterocycles. The number of benzene rings is 1. The number of thiazole rings is 1. The molecular formula is C17H20BrN3OS. The van der Waals surface area contributed by atoms with Crippen molar-refractivity contribution >= 4 is 38.3 Å². The van der Waals surface area contributed by atoms with Gasteiger partial charge in [0.25, 0.3) is 0 Å². The Hall–Kier alpha value is -1.24. The molecule has 0 aliphatic carbocycles. The van der Waals surface area contributed by atoms with E-state index in [4.69, 9.17) is 0 Å². The van der Waals surface area contributed by atoms with Gasteiger partial charge in [0.2, 0.25) is 5.91 Å². The van der Waals surface area contributed by atoms with E-state index in [0.29, 0.717) is 5.13 Å². The second-order valence-electron chi connectivity index (χ2n) is 5.96. The predicted octanol–water partition coefficient (Wildman–Crippen LogP) is 4.06. The van der Waals surface area contributed by atoms with Gasteiger partial charge in [-0.3, -0.25) is 9.69 Å². The van der Waals surface area contributed by atoms with Gasteiger partial charge in [-0.2, -0.15) is 0 Å². The fourth-order valence-corrected chi connectivity index (χ4v) is 3.78. The van der Waals surface area contributed by atoms with E-state index in [-0.39, 0.29) is 11.8 Å². The van der Waals surface area contributed by atoms with Gasteiger partial charge in [-0.05, 0) is 50.6 Å². The number of rotatable bonds is 4. The van der Waals surface area contributed by atoms with Crippen LogP contribution in [0.5, 0.6) is 0 Å². The number of anilines is 1. The van der Waals surface area contributed by atoms with Crippen molar-refractivity contribution in [3.8, 4) is 0 Å². The minimum absolute atomic E-state index is 0.0976. The van der Waals surface area contributed by atoms with Crippen molar-refractivity contribution in [2.75, 3.05) is 18.4 Å². The quantitative estimate of drug-likeness (QED) is 0.851. The maximum absolute atomic E-state index is 12.3. The second-order valence-corrected chi connectivity index (χ2v) is 7.73. The maximum atomic E-state index is 12.3. The molecule has 3 rings (SSSR count). The first-order valence-corrected chi connectivity index (χ1v) is 9.47. The van der Waals surface area contributed by atoms with E-state index >= 15 is 0 Å². The molecule has 1 aliphatic rings.